The Hall–Kier alpha value is -1.26. The lowest BCUT2D eigenvalue weighted by Gasteiger charge is -2.29. The van der Waals surface area contributed by atoms with E-state index in [-0.39, 0.29) is 0 Å². The van der Waals surface area contributed by atoms with Crippen molar-refractivity contribution in [1.82, 2.24) is 5.32 Å². The summed E-state index contributed by atoms with van der Waals surface area (Å²) in [5.74, 6) is 1.55. The van der Waals surface area contributed by atoms with E-state index in [0.717, 1.165) is 36.4 Å². The maximum atomic E-state index is 5.76. The quantitative estimate of drug-likeness (QED) is 0.852. The smallest absolute Gasteiger partial charge is 0.173 e. The fourth-order valence-corrected chi connectivity index (χ4v) is 3.58. The van der Waals surface area contributed by atoms with Crippen LogP contribution in [0.25, 0.3) is 0 Å². The summed E-state index contributed by atoms with van der Waals surface area (Å²) in [6.07, 6.45) is 3.85. The van der Waals surface area contributed by atoms with Crippen molar-refractivity contribution in [2.75, 3.05) is 13.2 Å². The zero-order chi connectivity index (χ0) is 14.7. The van der Waals surface area contributed by atoms with Crippen molar-refractivity contribution in [3.63, 3.8) is 0 Å². The van der Waals surface area contributed by atoms with Gasteiger partial charge >= 0.3 is 0 Å². The molecule has 0 saturated carbocycles. The standard InChI is InChI=1S/C17H20BrNO2/c1-2-19-15(14-8-10-21-17(14)18)11-12-7-9-20-16-6-4-3-5-13(12)16/h3-6,8,10,12,15,19H,2,7,9,11H2,1H3. The van der Waals surface area contributed by atoms with Gasteiger partial charge in [-0.15, -0.1) is 0 Å². The van der Waals surface area contributed by atoms with Gasteiger partial charge < -0.3 is 14.5 Å². The molecule has 3 rings (SSSR count). The minimum atomic E-state index is 0.291. The molecule has 0 radical (unpaired) electrons. The Kier molecular flexibility index (Phi) is 4.66. The van der Waals surface area contributed by atoms with Crippen molar-refractivity contribution in [2.45, 2.75) is 31.7 Å². The van der Waals surface area contributed by atoms with E-state index in [1.807, 2.05) is 12.1 Å². The Balaban J connectivity index is 1.83. The molecule has 0 spiro atoms. The van der Waals surface area contributed by atoms with Gasteiger partial charge in [-0.1, -0.05) is 25.1 Å². The van der Waals surface area contributed by atoms with Crippen LogP contribution in [0.4, 0.5) is 0 Å². The van der Waals surface area contributed by atoms with Crippen molar-refractivity contribution >= 4 is 15.9 Å². The van der Waals surface area contributed by atoms with Crippen molar-refractivity contribution in [2.24, 2.45) is 0 Å². The average Bonchev–Trinajstić information content (AvgIpc) is 2.93. The Labute approximate surface area is 133 Å². The molecular weight excluding hydrogens is 330 g/mol. The Bertz CT molecular complexity index is 596. The summed E-state index contributed by atoms with van der Waals surface area (Å²) in [4.78, 5) is 0. The third-order valence-corrected chi connectivity index (χ3v) is 4.72. The molecule has 2 heterocycles. The normalized spacial score (nSPS) is 18.9. The van der Waals surface area contributed by atoms with Gasteiger partial charge in [-0.2, -0.15) is 0 Å². The lowest BCUT2D eigenvalue weighted by Crippen LogP contribution is -2.25. The highest BCUT2D eigenvalue weighted by atomic mass is 79.9. The number of para-hydroxylation sites is 1. The molecule has 0 bridgehead atoms. The number of halogens is 1. The topological polar surface area (TPSA) is 34.4 Å². The molecule has 2 atom stereocenters. The van der Waals surface area contributed by atoms with E-state index in [1.165, 1.54) is 11.1 Å². The molecule has 0 saturated heterocycles. The van der Waals surface area contributed by atoms with Crippen molar-refractivity contribution in [3.8, 4) is 5.75 Å². The van der Waals surface area contributed by atoms with Gasteiger partial charge in [0, 0.05) is 11.6 Å². The summed E-state index contributed by atoms with van der Waals surface area (Å²) >= 11 is 3.50. The molecule has 1 aromatic carbocycles. The minimum absolute atomic E-state index is 0.291. The highest BCUT2D eigenvalue weighted by Crippen LogP contribution is 2.40. The lowest BCUT2D eigenvalue weighted by molar-refractivity contribution is 0.255. The van der Waals surface area contributed by atoms with Gasteiger partial charge in [0.2, 0.25) is 0 Å². The fourth-order valence-electron chi connectivity index (χ4n) is 3.07. The summed E-state index contributed by atoms with van der Waals surface area (Å²) in [5.41, 5.74) is 2.52. The number of hydrogen-bond donors (Lipinski definition) is 1. The number of nitrogens with one attached hydrogen (secondary N) is 1. The van der Waals surface area contributed by atoms with Gasteiger partial charge in [0.05, 0.1) is 12.9 Å². The molecule has 1 aromatic heterocycles. The van der Waals surface area contributed by atoms with Gasteiger partial charge in [0.15, 0.2) is 4.67 Å². The van der Waals surface area contributed by atoms with Crippen LogP contribution in [0, 0.1) is 0 Å². The third-order valence-electron chi connectivity index (χ3n) is 4.07. The first kappa shape index (κ1) is 14.7. The van der Waals surface area contributed by atoms with Crippen molar-refractivity contribution in [3.05, 3.63) is 52.4 Å². The molecule has 112 valence electrons. The zero-order valence-corrected chi connectivity index (χ0v) is 13.7. The summed E-state index contributed by atoms with van der Waals surface area (Å²) in [6.45, 7) is 3.87. The summed E-state index contributed by atoms with van der Waals surface area (Å²) in [7, 11) is 0. The van der Waals surface area contributed by atoms with Gasteiger partial charge in [-0.3, -0.25) is 0 Å². The SMILES string of the molecule is CCNC(CC1CCOc2ccccc21)c1ccoc1Br. The summed E-state index contributed by atoms with van der Waals surface area (Å²) in [5, 5.41) is 3.57. The van der Waals surface area contributed by atoms with Gasteiger partial charge in [-0.05, 0) is 58.9 Å². The van der Waals surface area contributed by atoms with E-state index in [4.69, 9.17) is 9.15 Å². The third kappa shape index (κ3) is 3.16. The molecule has 0 amide bonds. The average molecular weight is 350 g/mol. The Morgan fingerprint density at radius 2 is 2.19 bits per heavy atom. The van der Waals surface area contributed by atoms with Crippen LogP contribution in [0.1, 0.15) is 42.9 Å². The summed E-state index contributed by atoms with van der Waals surface area (Å²) in [6, 6.07) is 10.7. The predicted octanol–water partition coefficient (Wildman–Crippen LogP) is 4.65. The molecule has 21 heavy (non-hydrogen) atoms. The van der Waals surface area contributed by atoms with Crippen LogP contribution in [0.2, 0.25) is 0 Å². The van der Waals surface area contributed by atoms with Crippen LogP contribution in [-0.4, -0.2) is 13.2 Å². The molecule has 1 N–H and O–H groups in total. The summed E-state index contributed by atoms with van der Waals surface area (Å²) < 4.78 is 12.0. The van der Waals surface area contributed by atoms with E-state index in [0.29, 0.717) is 12.0 Å². The van der Waals surface area contributed by atoms with Crippen LogP contribution in [0.5, 0.6) is 5.75 Å². The highest BCUT2D eigenvalue weighted by Gasteiger charge is 2.26. The monoisotopic (exact) mass is 349 g/mol. The lowest BCUT2D eigenvalue weighted by atomic mass is 9.86. The van der Waals surface area contributed by atoms with Crippen molar-refractivity contribution < 1.29 is 9.15 Å². The number of rotatable bonds is 5. The highest BCUT2D eigenvalue weighted by molar-refractivity contribution is 9.10. The van der Waals surface area contributed by atoms with E-state index in [2.05, 4.69) is 46.4 Å². The molecule has 4 heteroatoms. The predicted molar refractivity (Wildman–Crippen MR) is 86.7 cm³/mol. The number of fused-ring (bicyclic) bond motifs is 1. The van der Waals surface area contributed by atoms with Crippen molar-refractivity contribution in [1.29, 1.82) is 0 Å². The van der Waals surface area contributed by atoms with Gasteiger partial charge in [-0.25, -0.2) is 0 Å². The molecule has 1 aliphatic rings. The number of hydrogen-bond acceptors (Lipinski definition) is 3. The van der Waals surface area contributed by atoms with Crippen LogP contribution in [0.15, 0.2) is 45.7 Å². The van der Waals surface area contributed by atoms with E-state index in [1.54, 1.807) is 6.26 Å². The second kappa shape index (κ2) is 6.67. The largest absolute Gasteiger partial charge is 0.493 e. The molecule has 2 aromatic rings. The molecule has 2 unspecified atom stereocenters. The minimum Gasteiger partial charge on any atom is -0.493 e. The van der Waals surface area contributed by atoms with Crippen LogP contribution in [0.3, 0.4) is 0 Å². The number of furan rings is 1. The Morgan fingerprint density at radius 1 is 1.33 bits per heavy atom. The Morgan fingerprint density at radius 3 is 2.95 bits per heavy atom. The maximum absolute atomic E-state index is 5.76. The molecule has 3 nitrogen and oxygen atoms in total. The van der Waals surface area contributed by atoms with E-state index in [9.17, 15) is 0 Å². The molecular formula is C17H20BrNO2. The first-order valence-electron chi connectivity index (χ1n) is 7.47. The molecule has 1 aliphatic heterocycles. The van der Waals surface area contributed by atoms with E-state index >= 15 is 0 Å². The number of benzene rings is 1. The first-order chi connectivity index (χ1) is 10.3. The van der Waals surface area contributed by atoms with Gasteiger partial charge in [0.25, 0.3) is 0 Å². The maximum Gasteiger partial charge on any atom is 0.173 e. The number of ether oxygens (including phenoxy) is 1. The molecule has 0 fully saturated rings. The fraction of sp³-hybridized carbons (Fsp3) is 0.412. The van der Waals surface area contributed by atoms with Gasteiger partial charge in [0.1, 0.15) is 5.75 Å². The van der Waals surface area contributed by atoms with Crippen LogP contribution >= 0.6 is 15.9 Å². The molecule has 0 aliphatic carbocycles. The zero-order valence-electron chi connectivity index (χ0n) is 12.1. The van der Waals surface area contributed by atoms with E-state index < -0.39 is 0 Å². The first-order valence-corrected chi connectivity index (χ1v) is 8.27. The second-order valence-electron chi connectivity index (χ2n) is 5.37. The van der Waals surface area contributed by atoms with Crippen LogP contribution < -0.4 is 10.1 Å². The second-order valence-corrected chi connectivity index (χ2v) is 6.09. The van der Waals surface area contributed by atoms with Crippen LogP contribution in [-0.2, 0) is 0 Å².